The van der Waals surface area contributed by atoms with Crippen LogP contribution in [0, 0.1) is 0 Å². The van der Waals surface area contributed by atoms with E-state index in [0.29, 0.717) is 6.61 Å². The summed E-state index contributed by atoms with van der Waals surface area (Å²) in [5, 5.41) is 1.32. The second-order valence-corrected chi connectivity index (χ2v) is 6.98. The summed E-state index contributed by atoms with van der Waals surface area (Å²) in [5.41, 5.74) is 0.0485. The first-order valence-corrected chi connectivity index (χ1v) is 7.78. The van der Waals surface area contributed by atoms with Gasteiger partial charge >= 0.3 is 5.97 Å². The van der Waals surface area contributed by atoms with Crippen LogP contribution in [0.4, 0.5) is 0 Å². The molecule has 0 aromatic heterocycles. The van der Waals surface area contributed by atoms with Crippen LogP contribution >= 0.6 is 0 Å². The highest BCUT2D eigenvalue weighted by atomic mass is 28.3. The third kappa shape index (κ3) is 3.20. The van der Waals surface area contributed by atoms with Gasteiger partial charge in [0.25, 0.3) is 0 Å². The van der Waals surface area contributed by atoms with Gasteiger partial charge in [-0.1, -0.05) is 49.0 Å². The maximum Gasteiger partial charge on any atom is 0.305 e. The van der Waals surface area contributed by atoms with Crippen LogP contribution in [0.15, 0.2) is 30.3 Å². The monoisotopic (exact) mass is 222 g/mol. The van der Waals surface area contributed by atoms with E-state index in [1.54, 1.807) is 0 Å². The molecule has 0 spiro atoms. The van der Waals surface area contributed by atoms with Crippen molar-refractivity contribution in [1.29, 1.82) is 0 Å². The Labute approximate surface area is 92.9 Å². The number of rotatable bonds is 4. The average molecular weight is 222 g/mol. The van der Waals surface area contributed by atoms with Crippen molar-refractivity contribution in [2.45, 2.75) is 25.9 Å². The Kier molecular flexibility index (Phi) is 4.56. The molecule has 0 N–H and O–H groups in total. The van der Waals surface area contributed by atoms with Gasteiger partial charge in [0.05, 0.1) is 15.4 Å². The van der Waals surface area contributed by atoms with Crippen LogP contribution in [0.1, 0.15) is 13.8 Å². The van der Waals surface area contributed by atoms with Gasteiger partial charge in [-0.25, -0.2) is 0 Å². The summed E-state index contributed by atoms with van der Waals surface area (Å²) >= 11 is 0. The average Bonchev–Trinajstić information content (AvgIpc) is 2.28. The summed E-state index contributed by atoms with van der Waals surface area (Å²) in [5.74, 6) is -0.0551. The predicted octanol–water partition coefficient (Wildman–Crippen LogP) is 1.70. The second-order valence-electron chi connectivity index (χ2n) is 3.74. The van der Waals surface area contributed by atoms with Crippen molar-refractivity contribution in [1.82, 2.24) is 0 Å². The van der Waals surface area contributed by atoms with Crippen LogP contribution < -0.4 is 5.19 Å². The van der Waals surface area contributed by atoms with E-state index in [1.165, 1.54) is 5.19 Å². The Balaban J connectivity index is 2.68. The Morgan fingerprint density at radius 3 is 2.53 bits per heavy atom. The minimum Gasteiger partial charge on any atom is -0.466 e. The number of carbonyl (C=O) groups is 1. The highest BCUT2D eigenvalue weighted by Gasteiger charge is 2.23. The van der Waals surface area contributed by atoms with E-state index >= 15 is 0 Å². The molecule has 0 aliphatic carbocycles. The summed E-state index contributed by atoms with van der Waals surface area (Å²) in [6.45, 7) is 6.48. The lowest BCUT2D eigenvalue weighted by molar-refractivity contribution is -0.142. The molecule has 0 amide bonds. The van der Waals surface area contributed by atoms with Gasteiger partial charge in [0.15, 0.2) is 0 Å². The number of carbonyl (C=O) groups excluding carboxylic acids is 1. The molecule has 0 heterocycles. The summed E-state index contributed by atoms with van der Waals surface area (Å²) in [6.07, 6.45) is 0. The first-order valence-electron chi connectivity index (χ1n) is 5.38. The van der Waals surface area contributed by atoms with Crippen molar-refractivity contribution in [3.8, 4) is 0 Å². The summed E-state index contributed by atoms with van der Waals surface area (Å²) < 4.78 is 5.04. The van der Waals surface area contributed by atoms with Gasteiger partial charge in [-0.15, -0.1) is 0 Å². The second kappa shape index (κ2) is 5.71. The molecule has 3 heteroatoms. The third-order valence-electron chi connectivity index (χ3n) is 2.73. The van der Waals surface area contributed by atoms with Gasteiger partial charge in [-0.2, -0.15) is 0 Å². The molecule has 2 nitrogen and oxygen atoms in total. The number of esters is 1. The molecule has 2 atom stereocenters. The van der Waals surface area contributed by atoms with E-state index < -0.39 is 8.80 Å². The highest BCUT2D eigenvalue weighted by molar-refractivity contribution is 6.76. The minimum absolute atomic E-state index is 0.0485. The van der Waals surface area contributed by atoms with E-state index in [9.17, 15) is 4.79 Å². The molecule has 1 aromatic carbocycles. The highest BCUT2D eigenvalue weighted by Crippen LogP contribution is 2.11. The fraction of sp³-hybridized carbons (Fsp3) is 0.417. The Morgan fingerprint density at radius 2 is 2.00 bits per heavy atom. The molecule has 1 aromatic rings. The third-order valence-corrected chi connectivity index (χ3v) is 5.94. The van der Waals surface area contributed by atoms with Crippen LogP contribution in [0.3, 0.4) is 0 Å². The quantitative estimate of drug-likeness (QED) is 0.572. The minimum atomic E-state index is -1.22. The molecule has 1 rings (SSSR count). The summed E-state index contributed by atoms with van der Waals surface area (Å²) in [6, 6.07) is 10.3. The lowest BCUT2D eigenvalue weighted by atomic mass is 10.4. The van der Waals surface area contributed by atoms with Crippen LogP contribution in [-0.2, 0) is 9.53 Å². The van der Waals surface area contributed by atoms with Crippen LogP contribution in [0.25, 0.3) is 0 Å². The van der Waals surface area contributed by atoms with Crippen molar-refractivity contribution in [2.75, 3.05) is 6.61 Å². The molecule has 1 unspecified atom stereocenters. The molecule has 0 saturated carbocycles. The van der Waals surface area contributed by atoms with Crippen LogP contribution in [0.2, 0.25) is 12.1 Å². The summed E-state index contributed by atoms with van der Waals surface area (Å²) in [4.78, 5) is 11.6. The smallest absolute Gasteiger partial charge is 0.305 e. The molecule has 0 aliphatic heterocycles. The van der Waals surface area contributed by atoms with Gasteiger partial charge in [0.1, 0.15) is 0 Å². The number of ether oxygens (including phenoxy) is 1. The lowest BCUT2D eigenvalue weighted by Crippen LogP contribution is -2.35. The van der Waals surface area contributed by atoms with Crippen molar-refractivity contribution >= 4 is 20.0 Å². The Hall–Kier alpha value is -1.09. The van der Waals surface area contributed by atoms with E-state index in [1.807, 2.05) is 32.0 Å². The molecule has 0 radical (unpaired) electrons. The van der Waals surface area contributed by atoms with Crippen LogP contribution in [0.5, 0.6) is 0 Å². The molecule has 0 aliphatic rings. The topological polar surface area (TPSA) is 26.3 Å². The first-order chi connectivity index (χ1) is 7.16. The van der Waals surface area contributed by atoms with E-state index in [2.05, 4.69) is 18.7 Å². The van der Waals surface area contributed by atoms with Crippen molar-refractivity contribution < 1.29 is 9.53 Å². The maximum atomic E-state index is 11.6. The zero-order chi connectivity index (χ0) is 11.3. The van der Waals surface area contributed by atoms with Gasteiger partial charge < -0.3 is 4.74 Å². The Morgan fingerprint density at radius 1 is 1.40 bits per heavy atom. The molecule has 15 heavy (non-hydrogen) atoms. The lowest BCUT2D eigenvalue weighted by Gasteiger charge is -2.17. The van der Waals surface area contributed by atoms with E-state index in [-0.39, 0.29) is 11.5 Å². The number of hydrogen-bond donors (Lipinski definition) is 0. The molecule has 82 valence electrons. The van der Waals surface area contributed by atoms with Crippen molar-refractivity contribution in [3.05, 3.63) is 30.3 Å². The van der Waals surface area contributed by atoms with Crippen molar-refractivity contribution in [3.63, 3.8) is 0 Å². The SMILES string of the molecule is CCOC(=O)C(C)[Si@H](C)c1ccccc1. The standard InChI is InChI=1S/C12H18O2Si/c1-4-14-12(13)10(2)15(3)11-8-6-5-7-9-11/h5-10,15H,4H2,1-3H3/t10?,15-/m0/s1. The molecule has 0 bridgehead atoms. The van der Waals surface area contributed by atoms with Gasteiger partial charge in [0.2, 0.25) is 0 Å². The zero-order valence-electron chi connectivity index (χ0n) is 9.57. The molecular formula is C12H18O2Si. The van der Waals surface area contributed by atoms with E-state index in [4.69, 9.17) is 4.74 Å². The predicted molar refractivity (Wildman–Crippen MR) is 65.1 cm³/mol. The summed E-state index contributed by atoms with van der Waals surface area (Å²) in [7, 11) is -1.22. The largest absolute Gasteiger partial charge is 0.466 e. The Bertz CT molecular complexity index is 311. The maximum absolute atomic E-state index is 11.6. The van der Waals surface area contributed by atoms with Gasteiger partial charge in [-0.05, 0) is 6.92 Å². The molecule has 0 fully saturated rings. The normalized spacial score (nSPS) is 14.3. The molecular weight excluding hydrogens is 204 g/mol. The number of hydrogen-bond acceptors (Lipinski definition) is 2. The zero-order valence-corrected chi connectivity index (χ0v) is 10.7. The van der Waals surface area contributed by atoms with Gasteiger partial charge in [0, 0.05) is 5.54 Å². The fourth-order valence-electron chi connectivity index (χ4n) is 1.52. The van der Waals surface area contributed by atoms with Gasteiger partial charge in [-0.3, -0.25) is 4.79 Å². The van der Waals surface area contributed by atoms with Crippen LogP contribution in [-0.4, -0.2) is 21.4 Å². The van der Waals surface area contributed by atoms with Crippen molar-refractivity contribution in [2.24, 2.45) is 0 Å². The molecule has 0 saturated heterocycles. The van der Waals surface area contributed by atoms with E-state index in [0.717, 1.165) is 0 Å². The number of benzene rings is 1. The first kappa shape index (κ1) is 12.0. The fourth-order valence-corrected chi connectivity index (χ4v) is 3.43.